The third-order valence-corrected chi connectivity index (χ3v) is 10.1. The first kappa shape index (κ1) is 31.6. The molecule has 0 bridgehead atoms. The summed E-state index contributed by atoms with van der Waals surface area (Å²) in [4.78, 5) is 40.1. The molecule has 9 nitrogen and oxygen atoms in total. The molecule has 1 heterocycles. The second kappa shape index (κ2) is 14.1. The number of hydrogen-bond donors (Lipinski definition) is 2. The highest BCUT2D eigenvalue weighted by Crippen LogP contribution is 2.37. The molecule has 1 saturated carbocycles. The van der Waals surface area contributed by atoms with Crippen molar-refractivity contribution in [1.29, 1.82) is 0 Å². The molecular formula is C29H41N3O6S2. The average molecular weight is 592 g/mol. The Morgan fingerprint density at radius 3 is 2.30 bits per heavy atom. The number of amides is 3. The number of hydrogen-bond acceptors (Lipinski definition) is 7. The summed E-state index contributed by atoms with van der Waals surface area (Å²) in [6.07, 6.45) is 5.64. The van der Waals surface area contributed by atoms with Crippen LogP contribution in [0.3, 0.4) is 0 Å². The number of urea groups is 1. The van der Waals surface area contributed by atoms with Gasteiger partial charge in [0.25, 0.3) is 10.0 Å². The molecule has 1 aromatic carbocycles. The molecule has 3 amide bonds. The van der Waals surface area contributed by atoms with Crippen LogP contribution >= 0.6 is 11.3 Å². The van der Waals surface area contributed by atoms with Crippen LogP contribution in [0.2, 0.25) is 0 Å². The third-order valence-electron chi connectivity index (χ3n) is 7.06. The first-order valence-corrected chi connectivity index (χ1v) is 16.1. The van der Waals surface area contributed by atoms with Crippen LogP contribution in [0.4, 0.5) is 4.79 Å². The molecule has 3 rings (SSSR count). The van der Waals surface area contributed by atoms with E-state index < -0.39 is 28.1 Å². The average Bonchev–Trinajstić information content (AvgIpc) is 3.33. The number of benzene rings is 1. The monoisotopic (exact) mass is 591 g/mol. The van der Waals surface area contributed by atoms with Gasteiger partial charge in [-0.1, -0.05) is 57.4 Å². The van der Waals surface area contributed by atoms with E-state index in [0.29, 0.717) is 30.0 Å². The van der Waals surface area contributed by atoms with E-state index in [-0.39, 0.29) is 22.6 Å². The zero-order chi connectivity index (χ0) is 29.4. The Morgan fingerprint density at radius 1 is 1.10 bits per heavy atom. The normalized spacial score (nSPS) is 14.9. The van der Waals surface area contributed by atoms with Gasteiger partial charge in [0.2, 0.25) is 5.91 Å². The van der Waals surface area contributed by atoms with Crippen molar-refractivity contribution in [2.24, 2.45) is 11.8 Å². The lowest BCUT2D eigenvalue weighted by molar-refractivity contribution is -0.156. The van der Waals surface area contributed by atoms with Crippen LogP contribution in [-0.4, -0.2) is 50.9 Å². The lowest BCUT2D eigenvalue weighted by Crippen LogP contribution is -2.49. The van der Waals surface area contributed by atoms with E-state index in [4.69, 9.17) is 4.74 Å². The van der Waals surface area contributed by atoms with Crippen molar-refractivity contribution in [3.8, 4) is 11.1 Å². The largest absolute Gasteiger partial charge is 0.467 e. The van der Waals surface area contributed by atoms with E-state index in [9.17, 15) is 22.8 Å². The van der Waals surface area contributed by atoms with Gasteiger partial charge >= 0.3 is 12.0 Å². The first-order valence-electron chi connectivity index (χ1n) is 13.8. The number of carbonyl (C=O) groups is 3. The molecular weight excluding hydrogens is 550 g/mol. The zero-order valence-electron chi connectivity index (χ0n) is 24.0. The molecule has 11 heteroatoms. The van der Waals surface area contributed by atoms with E-state index in [1.54, 1.807) is 11.8 Å². The summed E-state index contributed by atoms with van der Waals surface area (Å²) in [6.45, 7) is 7.83. The second-order valence-corrected chi connectivity index (χ2v) is 13.7. The molecule has 0 saturated heterocycles. The number of carbonyl (C=O) groups excluding carboxylic acids is 3. The summed E-state index contributed by atoms with van der Waals surface area (Å²) in [7, 11) is -2.75. The topological polar surface area (TPSA) is 122 Å². The van der Waals surface area contributed by atoms with Crippen molar-refractivity contribution in [2.45, 2.75) is 83.0 Å². The number of nitrogens with one attached hydrogen (secondary N) is 2. The molecule has 0 aliphatic heterocycles. The highest BCUT2D eigenvalue weighted by molar-refractivity contribution is 7.92. The van der Waals surface area contributed by atoms with E-state index in [0.717, 1.165) is 53.9 Å². The quantitative estimate of drug-likeness (QED) is 0.351. The Balaban J connectivity index is 1.92. The summed E-state index contributed by atoms with van der Waals surface area (Å²) < 4.78 is 33.6. The SMILES string of the molecule is CCNC(=O)NS(=O)(=O)c1sc(CC(C)C)cc1-c1ccc(CN(C(C)=O)[C@H](C(=O)OC)C2CCCCC2)cc1. The van der Waals surface area contributed by atoms with Gasteiger partial charge in [0, 0.05) is 30.5 Å². The molecule has 1 aliphatic rings. The fraction of sp³-hybridized carbons (Fsp3) is 0.552. The van der Waals surface area contributed by atoms with Gasteiger partial charge in [-0.05, 0) is 55.2 Å². The highest BCUT2D eigenvalue weighted by atomic mass is 32.2. The van der Waals surface area contributed by atoms with Crippen molar-refractivity contribution < 1.29 is 27.5 Å². The Labute approximate surface area is 241 Å². The number of ether oxygens (including phenoxy) is 1. The molecule has 2 N–H and O–H groups in total. The number of nitrogens with zero attached hydrogens (tertiary/aromatic N) is 1. The van der Waals surface area contributed by atoms with Crippen LogP contribution in [0.15, 0.2) is 34.5 Å². The van der Waals surface area contributed by atoms with Gasteiger partial charge in [-0.3, -0.25) is 4.79 Å². The molecule has 0 unspecified atom stereocenters. The number of esters is 1. The van der Waals surface area contributed by atoms with E-state index in [1.165, 1.54) is 14.0 Å². The molecule has 0 spiro atoms. The van der Waals surface area contributed by atoms with Crippen LogP contribution in [-0.2, 0) is 37.3 Å². The number of thiophene rings is 1. The minimum Gasteiger partial charge on any atom is -0.467 e. The fourth-order valence-electron chi connectivity index (χ4n) is 5.23. The molecule has 1 aliphatic carbocycles. The van der Waals surface area contributed by atoms with Crippen molar-refractivity contribution in [2.75, 3.05) is 13.7 Å². The first-order chi connectivity index (χ1) is 19.0. The Hall–Kier alpha value is -2.92. The molecule has 2 aromatic rings. The van der Waals surface area contributed by atoms with Gasteiger partial charge in [0.15, 0.2) is 0 Å². The van der Waals surface area contributed by atoms with Gasteiger partial charge in [-0.15, -0.1) is 11.3 Å². The predicted molar refractivity (Wildman–Crippen MR) is 156 cm³/mol. The molecule has 220 valence electrons. The van der Waals surface area contributed by atoms with Gasteiger partial charge in [0.1, 0.15) is 10.3 Å². The molecule has 0 radical (unpaired) electrons. The lowest BCUT2D eigenvalue weighted by atomic mass is 9.83. The molecule has 1 fully saturated rings. The van der Waals surface area contributed by atoms with Gasteiger partial charge < -0.3 is 15.0 Å². The van der Waals surface area contributed by atoms with Crippen molar-refractivity contribution >= 4 is 39.3 Å². The summed E-state index contributed by atoms with van der Waals surface area (Å²) in [5.41, 5.74) is 2.01. The van der Waals surface area contributed by atoms with E-state index in [2.05, 4.69) is 23.9 Å². The smallest absolute Gasteiger partial charge is 0.328 e. The van der Waals surface area contributed by atoms with Crippen LogP contribution in [0.1, 0.15) is 70.2 Å². The maximum atomic E-state index is 13.2. The van der Waals surface area contributed by atoms with Gasteiger partial charge in [0.05, 0.1) is 7.11 Å². The van der Waals surface area contributed by atoms with Crippen LogP contribution in [0, 0.1) is 11.8 Å². The van der Waals surface area contributed by atoms with Crippen LogP contribution < -0.4 is 10.0 Å². The standard InChI is InChI=1S/C29H41N3O6S2/c1-6-30-29(35)31-40(36,37)28-25(17-24(39-28)16-19(2)3)22-14-12-21(13-15-22)18-32(20(4)33)26(27(34)38-5)23-10-8-7-9-11-23/h12-15,17,19,23,26H,6-11,16,18H2,1-5H3,(H2,30,31,35)/t26-/m0/s1. The Morgan fingerprint density at radius 2 is 1.75 bits per heavy atom. The molecule has 1 aromatic heterocycles. The van der Waals surface area contributed by atoms with Crippen LogP contribution in [0.5, 0.6) is 0 Å². The maximum absolute atomic E-state index is 13.2. The zero-order valence-corrected chi connectivity index (χ0v) is 25.6. The Bertz CT molecular complexity index is 1280. The van der Waals surface area contributed by atoms with E-state index in [1.807, 2.05) is 30.3 Å². The van der Waals surface area contributed by atoms with Gasteiger partial charge in [-0.2, -0.15) is 0 Å². The number of rotatable bonds is 11. The summed E-state index contributed by atoms with van der Waals surface area (Å²) in [6, 6.07) is 7.76. The summed E-state index contributed by atoms with van der Waals surface area (Å²) in [5, 5.41) is 2.46. The molecule has 1 atom stereocenters. The van der Waals surface area contributed by atoms with Gasteiger partial charge in [-0.25, -0.2) is 22.7 Å². The van der Waals surface area contributed by atoms with Crippen molar-refractivity contribution in [3.63, 3.8) is 0 Å². The number of methoxy groups -OCH3 is 1. The third kappa shape index (κ3) is 8.06. The van der Waals surface area contributed by atoms with Crippen LogP contribution in [0.25, 0.3) is 11.1 Å². The Kier molecular flexibility index (Phi) is 11.2. The second-order valence-electron chi connectivity index (χ2n) is 10.7. The minimum absolute atomic E-state index is 0.0553. The van der Waals surface area contributed by atoms with E-state index >= 15 is 0 Å². The molecule has 40 heavy (non-hydrogen) atoms. The fourth-order valence-corrected chi connectivity index (χ4v) is 8.11. The maximum Gasteiger partial charge on any atom is 0.328 e. The summed E-state index contributed by atoms with van der Waals surface area (Å²) >= 11 is 1.16. The highest BCUT2D eigenvalue weighted by Gasteiger charge is 2.37. The minimum atomic E-state index is -4.10. The van der Waals surface area contributed by atoms with Crippen molar-refractivity contribution in [1.82, 2.24) is 14.9 Å². The summed E-state index contributed by atoms with van der Waals surface area (Å²) in [5.74, 6) is -0.222. The van der Waals surface area contributed by atoms with Crippen molar-refractivity contribution in [3.05, 3.63) is 40.8 Å². The number of sulfonamides is 1. The predicted octanol–water partition coefficient (Wildman–Crippen LogP) is 5.09. The lowest BCUT2D eigenvalue weighted by Gasteiger charge is -2.36.